The maximum Gasteiger partial charge on any atom is 0.127 e. The Balaban J connectivity index is 2.17. The zero-order valence-corrected chi connectivity index (χ0v) is 14.9. The topological polar surface area (TPSA) is 58.9 Å². The second kappa shape index (κ2) is 7.83. The van der Waals surface area contributed by atoms with Crippen LogP contribution in [-0.4, -0.2) is 23.4 Å². The normalized spacial score (nSPS) is 10.5. The Bertz CT molecular complexity index is 793. The summed E-state index contributed by atoms with van der Waals surface area (Å²) in [4.78, 5) is 0. The van der Waals surface area contributed by atoms with E-state index in [4.69, 9.17) is 9.47 Å². The van der Waals surface area contributed by atoms with Gasteiger partial charge in [0, 0.05) is 11.1 Å². The highest BCUT2D eigenvalue weighted by molar-refractivity contribution is 5.81. The summed E-state index contributed by atoms with van der Waals surface area (Å²) >= 11 is 0. The average molecular weight is 350 g/mol. The van der Waals surface area contributed by atoms with Crippen molar-refractivity contribution in [1.82, 2.24) is 0 Å². The molecule has 26 heavy (non-hydrogen) atoms. The molecule has 2 N–H and O–H groups in total. The molecule has 3 aromatic carbocycles. The van der Waals surface area contributed by atoms with E-state index in [0.717, 1.165) is 33.8 Å². The van der Waals surface area contributed by atoms with Crippen molar-refractivity contribution in [2.75, 3.05) is 13.2 Å². The number of aromatic hydroxyl groups is 2. The van der Waals surface area contributed by atoms with Gasteiger partial charge in [0.25, 0.3) is 0 Å². The maximum atomic E-state index is 9.55. The lowest BCUT2D eigenvalue weighted by molar-refractivity contribution is 0.333. The molecule has 0 fully saturated rings. The summed E-state index contributed by atoms with van der Waals surface area (Å²) in [6.07, 6.45) is 0. The van der Waals surface area contributed by atoms with Gasteiger partial charge in [0.2, 0.25) is 0 Å². The SMILES string of the molecule is CCOc1cc(-c2ccc(O)cc2)c(OCC)cc1-c1ccc(O)cc1. The average Bonchev–Trinajstić information content (AvgIpc) is 2.64. The lowest BCUT2D eigenvalue weighted by Gasteiger charge is -2.17. The maximum absolute atomic E-state index is 9.55. The highest BCUT2D eigenvalue weighted by Crippen LogP contribution is 2.41. The molecule has 0 radical (unpaired) electrons. The summed E-state index contributed by atoms with van der Waals surface area (Å²) in [5.74, 6) is 1.92. The predicted octanol–water partition coefficient (Wildman–Crippen LogP) is 5.23. The van der Waals surface area contributed by atoms with Crippen molar-refractivity contribution in [3.05, 3.63) is 60.7 Å². The van der Waals surface area contributed by atoms with Crippen LogP contribution < -0.4 is 9.47 Å². The molecule has 0 spiro atoms. The van der Waals surface area contributed by atoms with E-state index in [1.165, 1.54) is 0 Å². The second-order valence-corrected chi connectivity index (χ2v) is 5.80. The summed E-state index contributed by atoms with van der Waals surface area (Å²) in [7, 11) is 0. The highest BCUT2D eigenvalue weighted by Gasteiger charge is 2.15. The molecule has 3 aromatic rings. The Labute approximate surface area is 153 Å². The number of ether oxygens (including phenoxy) is 2. The minimum absolute atomic E-state index is 0.220. The molecule has 0 amide bonds. The lowest BCUT2D eigenvalue weighted by atomic mass is 9.97. The van der Waals surface area contributed by atoms with E-state index in [1.54, 1.807) is 24.3 Å². The van der Waals surface area contributed by atoms with Gasteiger partial charge in [-0.05, 0) is 61.4 Å². The number of hydrogen-bond acceptors (Lipinski definition) is 4. The monoisotopic (exact) mass is 350 g/mol. The van der Waals surface area contributed by atoms with Gasteiger partial charge in [-0.25, -0.2) is 0 Å². The Morgan fingerprint density at radius 1 is 0.615 bits per heavy atom. The van der Waals surface area contributed by atoms with Crippen molar-refractivity contribution in [2.24, 2.45) is 0 Å². The van der Waals surface area contributed by atoms with Crippen LogP contribution in [0, 0.1) is 0 Å². The third kappa shape index (κ3) is 3.75. The third-order valence-electron chi connectivity index (χ3n) is 4.04. The molecule has 4 heteroatoms. The van der Waals surface area contributed by atoms with Gasteiger partial charge >= 0.3 is 0 Å². The van der Waals surface area contributed by atoms with E-state index in [1.807, 2.05) is 50.2 Å². The predicted molar refractivity (Wildman–Crippen MR) is 103 cm³/mol. The molecule has 4 nitrogen and oxygen atoms in total. The van der Waals surface area contributed by atoms with E-state index >= 15 is 0 Å². The summed E-state index contributed by atoms with van der Waals surface area (Å²) in [6.45, 7) is 4.96. The molecule has 0 aromatic heterocycles. The van der Waals surface area contributed by atoms with Gasteiger partial charge in [-0.3, -0.25) is 0 Å². The zero-order chi connectivity index (χ0) is 18.5. The minimum atomic E-state index is 0.220. The molecular formula is C22H22O4. The van der Waals surface area contributed by atoms with Crippen molar-refractivity contribution < 1.29 is 19.7 Å². The molecule has 0 aliphatic heterocycles. The van der Waals surface area contributed by atoms with Crippen LogP contribution in [0.1, 0.15) is 13.8 Å². The van der Waals surface area contributed by atoms with E-state index in [2.05, 4.69) is 0 Å². The second-order valence-electron chi connectivity index (χ2n) is 5.80. The van der Waals surface area contributed by atoms with E-state index in [9.17, 15) is 10.2 Å². The molecule has 0 unspecified atom stereocenters. The van der Waals surface area contributed by atoms with Crippen molar-refractivity contribution in [3.63, 3.8) is 0 Å². The Kier molecular flexibility index (Phi) is 5.32. The van der Waals surface area contributed by atoms with Gasteiger partial charge in [-0.2, -0.15) is 0 Å². The zero-order valence-electron chi connectivity index (χ0n) is 14.9. The first-order chi connectivity index (χ1) is 12.6. The van der Waals surface area contributed by atoms with Crippen LogP contribution in [0.25, 0.3) is 22.3 Å². The number of benzene rings is 3. The van der Waals surface area contributed by atoms with E-state index in [0.29, 0.717) is 13.2 Å². The van der Waals surface area contributed by atoms with Gasteiger partial charge in [-0.15, -0.1) is 0 Å². The van der Waals surface area contributed by atoms with Gasteiger partial charge in [0.05, 0.1) is 13.2 Å². The lowest BCUT2D eigenvalue weighted by Crippen LogP contribution is -1.99. The summed E-state index contributed by atoms with van der Waals surface area (Å²) < 4.78 is 11.7. The van der Waals surface area contributed by atoms with Gasteiger partial charge in [-0.1, -0.05) is 24.3 Å². The summed E-state index contributed by atoms with van der Waals surface area (Å²) in [6, 6.07) is 17.9. The highest BCUT2D eigenvalue weighted by atomic mass is 16.5. The fraction of sp³-hybridized carbons (Fsp3) is 0.182. The molecule has 134 valence electrons. The van der Waals surface area contributed by atoms with Crippen LogP contribution in [-0.2, 0) is 0 Å². The number of phenolic OH excluding ortho intramolecular Hbond substituents is 2. The van der Waals surface area contributed by atoms with Crippen LogP contribution >= 0.6 is 0 Å². The molecule has 0 saturated carbocycles. The third-order valence-corrected chi connectivity index (χ3v) is 4.04. The fourth-order valence-electron chi connectivity index (χ4n) is 2.84. The Morgan fingerprint density at radius 3 is 1.27 bits per heavy atom. The molecule has 3 rings (SSSR count). The van der Waals surface area contributed by atoms with Crippen LogP contribution in [0.2, 0.25) is 0 Å². The minimum Gasteiger partial charge on any atom is -0.508 e. The quantitative estimate of drug-likeness (QED) is 0.639. The molecular weight excluding hydrogens is 328 g/mol. The molecule has 0 aliphatic rings. The van der Waals surface area contributed by atoms with Crippen LogP contribution in [0.4, 0.5) is 0 Å². The van der Waals surface area contributed by atoms with Gasteiger partial charge in [0.15, 0.2) is 0 Å². The number of rotatable bonds is 6. The molecule has 0 bridgehead atoms. The molecule has 0 heterocycles. The van der Waals surface area contributed by atoms with Crippen LogP contribution in [0.5, 0.6) is 23.0 Å². The van der Waals surface area contributed by atoms with Gasteiger partial charge in [0.1, 0.15) is 23.0 Å². The Morgan fingerprint density at radius 2 is 0.962 bits per heavy atom. The first-order valence-electron chi connectivity index (χ1n) is 8.64. The van der Waals surface area contributed by atoms with Gasteiger partial charge < -0.3 is 19.7 Å². The number of phenols is 2. The standard InChI is InChI=1S/C22H22O4/c1-3-25-21-13-20(16-7-11-18(24)12-8-16)22(26-4-2)14-19(21)15-5-9-17(23)10-6-15/h5-14,23-24H,3-4H2,1-2H3. The van der Waals surface area contributed by atoms with Crippen molar-refractivity contribution in [2.45, 2.75) is 13.8 Å². The summed E-state index contributed by atoms with van der Waals surface area (Å²) in [5.41, 5.74) is 3.67. The number of hydrogen-bond donors (Lipinski definition) is 2. The first kappa shape index (κ1) is 17.7. The molecule has 0 saturated heterocycles. The van der Waals surface area contributed by atoms with Crippen LogP contribution in [0.15, 0.2) is 60.7 Å². The van der Waals surface area contributed by atoms with Crippen molar-refractivity contribution in [3.8, 4) is 45.3 Å². The molecule has 0 aliphatic carbocycles. The van der Waals surface area contributed by atoms with Crippen molar-refractivity contribution in [1.29, 1.82) is 0 Å². The van der Waals surface area contributed by atoms with E-state index in [-0.39, 0.29) is 11.5 Å². The largest absolute Gasteiger partial charge is 0.508 e. The van der Waals surface area contributed by atoms with E-state index < -0.39 is 0 Å². The summed E-state index contributed by atoms with van der Waals surface area (Å²) in [5, 5.41) is 19.1. The smallest absolute Gasteiger partial charge is 0.127 e. The van der Waals surface area contributed by atoms with Crippen LogP contribution in [0.3, 0.4) is 0 Å². The molecule has 0 atom stereocenters. The Hall–Kier alpha value is -3.14. The fourth-order valence-corrected chi connectivity index (χ4v) is 2.84. The van der Waals surface area contributed by atoms with Crippen molar-refractivity contribution >= 4 is 0 Å². The first-order valence-corrected chi connectivity index (χ1v) is 8.64.